The fourth-order valence-electron chi connectivity index (χ4n) is 3.94. The van der Waals surface area contributed by atoms with Crippen molar-refractivity contribution >= 4 is 23.3 Å². The Morgan fingerprint density at radius 2 is 1.94 bits per heavy atom. The summed E-state index contributed by atoms with van der Waals surface area (Å²) in [5, 5.41) is 10.9. The molecule has 0 radical (unpaired) electrons. The zero-order chi connectivity index (χ0) is 22.6. The molecule has 0 saturated carbocycles. The minimum atomic E-state index is 0.0246. The predicted molar refractivity (Wildman–Crippen MR) is 129 cm³/mol. The summed E-state index contributed by atoms with van der Waals surface area (Å²) >= 11 is 1.64. The van der Waals surface area contributed by atoms with Crippen molar-refractivity contribution in [3.63, 3.8) is 0 Å². The second-order valence-electron chi connectivity index (χ2n) is 8.05. The summed E-state index contributed by atoms with van der Waals surface area (Å²) in [4.78, 5) is 18.2. The molecule has 0 bridgehead atoms. The van der Waals surface area contributed by atoms with Crippen LogP contribution in [0, 0.1) is 6.92 Å². The van der Waals surface area contributed by atoms with Crippen LogP contribution in [-0.2, 0) is 11.3 Å². The van der Waals surface area contributed by atoms with E-state index in [-0.39, 0.29) is 5.91 Å². The average molecular weight is 460 g/mol. The normalized spacial score (nSPS) is 14.9. The zero-order valence-electron chi connectivity index (χ0n) is 18.4. The van der Waals surface area contributed by atoms with Crippen molar-refractivity contribution in [3.8, 4) is 16.3 Å². The molecular formula is C25H25N5O2S. The number of amides is 1. The summed E-state index contributed by atoms with van der Waals surface area (Å²) < 4.78 is 7.01. The summed E-state index contributed by atoms with van der Waals surface area (Å²) in [5.74, 6) is 0.845. The first kappa shape index (κ1) is 21.4. The lowest BCUT2D eigenvalue weighted by Gasteiger charge is -2.33. The van der Waals surface area contributed by atoms with Gasteiger partial charge in [-0.25, -0.2) is 4.68 Å². The highest BCUT2D eigenvalue weighted by Crippen LogP contribution is 2.28. The van der Waals surface area contributed by atoms with Crippen LogP contribution < -0.4 is 0 Å². The van der Waals surface area contributed by atoms with Crippen LogP contribution in [0.5, 0.6) is 0 Å². The first-order chi connectivity index (χ1) is 16.2. The fourth-order valence-corrected chi connectivity index (χ4v) is 4.67. The molecule has 1 saturated heterocycles. The second kappa shape index (κ2) is 9.56. The van der Waals surface area contributed by atoms with Gasteiger partial charge in [-0.1, -0.05) is 29.4 Å². The second-order valence-corrected chi connectivity index (χ2v) is 9.00. The third-order valence-corrected chi connectivity index (χ3v) is 6.55. The van der Waals surface area contributed by atoms with E-state index in [2.05, 4.69) is 16.1 Å². The van der Waals surface area contributed by atoms with E-state index >= 15 is 0 Å². The first-order valence-electron chi connectivity index (χ1n) is 11.0. The van der Waals surface area contributed by atoms with Crippen molar-refractivity contribution in [2.45, 2.75) is 13.5 Å². The maximum absolute atomic E-state index is 12.9. The van der Waals surface area contributed by atoms with Crippen molar-refractivity contribution in [1.29, 1.82) is 0 Å². The van der Waals surface area contributed by atoms with Gasteiger partial charge >= 0.3 is 0 Å². The van der Waals surface area contributed by atoms with Gasteiger partial charge < -0.3 is 9.42 Å². The summed E-state index contributed by atoms with van der Waals surface area (Å²) in [7, 11) is 0. The number of para-hydroxylation sites is 1. The summed E-state index contributed by atoms with van der Waals surface area (Å²) in [5.41, 5.74) is 3.73. The van der Waals surface area contributed by atoms with Gasteiger partial charge in [-0.2, -0.15) is 5.10 Å². The van der Waals surface area contributed by atoms with Crippen molar-refractivity contribution in [2.24, 2.45) is 0 Å². The molecule has 8 heteroatoms. The lowest BCUT2D eigenvalue weighted by atomic mass is 10.2. The number of rotatable bonds is 6. The summed E-state index contributed by atoms with van der Waals surface area (Å²) in [6.07, 6.45) is 5.53. The topological polar surface area (TPSA) is 67.4 Å². The maximum atomic E-state index is 12.9. The number of aryl methyl sites for hydroxylation is 1. The number of thiophene rings is 1. The molecule has 33 heavy (non-hydrogen) atoms. The summed E-state index contributed by atoms with van der Waals surface area (Å²) in [6.45, 7) is 5.67. The number of piperazine rings is 1. The molecule has 5 rings (SSSR count). The minimum absolute atomic E-state index is 0.0246. The van der Waals surface area contributed by atoms with E-state index in [0.717, 1.165) is 52.9 Å². The third kappa shape index (κ3) is 4.97. The monoisotopic (exact) mass is 459 g/mol. The van der Waals surface area contributed by atoms with Gasteiger partial charge in [-0.15, -0.1) is 11.3 Å². The molecule has 0 N–H and O–H groups in total. The van der Waals surface area contributed by atoms with Gasteiger partial charge in [0.25, 0.3) is 0 Å². The van der Waals surface area contributed by atoms with Crippen LogP contribution >= 0.6 is 11.3 Å². The number of hydrogen-bond donors (Lipinski definition) is 0. The molecule has 0 atom stereocenters. The van der Waals surface area contributed by atoms with E-state index < -0.39 is 0 Å². The maximum Gasteiger partial charge on any atom is 0.246 e. The molecule has 3 aromatic heterocycles. The van der Waals surface area contributed by atoms with Crippen LogP contribution in [0.1, 0.15) is 17.0 Å². The highest BCUT2D eigenvalue weighted by atomic mass is 32.1. The zero-order valence-corrected chi connectivity index (χ0v) is 19.2. The molecule has 168 valence electrons. The molecule has 1 aromatic carbocycles. The Hall–Kier alpha value is -3.49. The van der Waals surface area contributed by atoms with E-state index in [9.17, 15) is 4.79 Å². The standard InChI is InChI=1S/C25H25N5O2S/c1-19-16-21(27-32-19)18-28-11-13-29(14-12-28)24(31)10-9-20-17-30(22-6-3-2-4-7-22)26-25(20)23-8-5-15-33-23/h2-10,15-17H,11-14,18H2,1H3. The van der Waals surface area contributed by atoms with Crippen LogP contribution in [0.3, 0.4) is 0 Å². The van der Waals surface area contributed by atoms with Crippen LogP contribution in [0.25, 0.3) is 22.3 Å². The molecule has 0 spiro atoms. The molecule has 4 heterocycles. The lowest BCUT2D eigenvalue weighted by Crippen LogP contribution is -2.47. The van der Waals surface area contributed by atoms with Crippen molar-refractivity contribution in [1.82, 2.24) is 24.7 Å². The molecule has 1 fully saturated rings. The predicted octanol–water partition coefficient (Wildman–Crippen LogP) is 4.25. The SMILES string of the molecule is Cc1cc(CN2CCN(C(=O)C=Cc3cn(-c4ccccc4)nc3-c3cccs3)CC2)no1. The van der Waals surface area contributed by atoms with Crippen LogP contribution in [0.15, 0.2) is 70.7 Å². The average Bonchev–Trinajstić information content (AvgIpc) is 3.60. The lowest BCUT2D eigenvalue weighted by molar-refractivity contribution is -0.127. The van der Waals surface area contributed by atoms with Gasteiger partial charge in [0.15, 0.2) is 0 Å². The van der Waals surface area contributed by atoms with Gasteiger partial charge in [0, 0.05) is 56.6 Å². The van der Waals surface area contributed by atoms with Crippen LogP contribution in [-0.4, -0.2) is 56.8 Å². The van der Waals surface area contributed by atoms with E-state index in [4.69, 9.17) is 9.62 Å². The molecule has 0 aliphatic carbocycles. The minimum Gasteiger partial charge on any atom is -0.361 e. The smallest absolute Gasteiger partial charge is 0.246 e. The Kier molecular flexibility index (Phi) is 6.19. The molecule has 0 unspecified atom stereocenters. The number of hydrogen-bond acceptors (Lipinski definition) is 6. The Bertz CT molecular complexity index is 1240. The molecule has 1 aliphatic rings. The Morgan fingerprint density at radius 1 is 1.12 bits per heavy atom. The molecular weight excluding hydrogens is 434 g/mol. The van der Waals surface area contributed by atoms with Gasteiger partial charge in [-0.05, 0) is 36.6 Å². The van der Waals surface area contributed by atoms with Crippen molar-refractivity contribution < 1.29 is 9.32 Å². The highest BCUT2D eigenvalue weighted by molar-refractivity contribution is 7.13. The van der Waals surface area contributed by atoms with Gasteiger partial charge in [0.2, 0.25) is 5.91 Å². The molecule has 4 aromatic rings. The van der Waals surface area contributed by atoms with Gasteiger partial charge in [-0.3, -0.25) is 9.69 Å². The van der Waals surface area contributed by atoms with E-state index in [1.165, 1.54) is 0 Å². The van der Waals surface area contributed by atoms with Crippen LogP contribution in [0.2, 0.25) is 0 Å². The Labute approximate surface area is 196 Å². The van der Waals surface area contributed by atoms with Gasteiger partial charge in [0.05, 0.1) is 16.3 Å². The van der Waals surface area contributed by atoms with E-state index in [1.54, 1.807) is 17.4 Å². The number of nitrogens with zero attached hydrogens (tertiary/aromatic N) is 5. The molecule has 1 amide bonds. The number of benzene rings is 1. The fraction of sp³-hybridized carbons (Fsp3) is 0.240. The van der Waals surface area contributed by atoms with E-state index in [0.29, 0.717) is 13.1 Å². The van der Waals surface area contributed by atoms with E-state index in [1.807, 2.05) is 76.6 Å². The molecule has 1 aliphatic heterocycles. The Morgan fingerprint density at radius 3 is 2.64 bits per heavy atom. The molecule has 7 nitrogen and oxygen atoms in total. The van der Waals surface area contributed by atoms with Crippen molar-refractivity contribution in [3.05, 3.63) is 83.2 Å². The summed E-state index contributed by atoms with van der Waals surface area (Å²) in [6, 6.07) is 16.0. The number of carbonyl (C=O) groups is 1. The first-order valence-corrected chi connectivity index (χ1v) is 11.8. The highest BCUT2D eigenvalue weighted by Gasteiger charge is 2.21. The van der Waals surface area contributed by atoms with Crippen LogP contribution in [0.4, 0.5) is 0 Å². The van der Waals surface area contributed by atoms with Crippen molar-refractivity contribution in [2.75, 3.05) is 26.2 Å². The van der Waals surface area contributed by atoms with Gasteiger partial charge in [0.1, 0.15) is 11.5 Å². The number of carbonyl (C=O) groups excluding carboxylic acids is 1. The third-order valence-electron chi connectivity index (χ3n) is 5.67. The quantitative estimate of drug-likeness (QED) is 0.403. The Balaban J connectivity index is 1.27. The largest absolute Gasteiger partial charge is 0.361 e. The number of aromatic nitrogens is 3.